The molecule has 0 saturated carbocycles. The summed E-state index contributed by atoms with van der Waals surface area (Å²) in [6.45, 7) is 7.38. The van der Waals surface area contributed by atoms with Crippen LogP contribution in [0.15, 0.2) is 47.3 Å². The first-order valence-electron chi connectivity index (χ1n) is 9.50. The molecule has 0 spiro atoms. The lowest BCUT2D eigenvalue weighted by Gasteiger charge is -2.09. The van der Waals surface area contributed by atoms with Crippen LogP contribution in [0.3, 0.4) is 0 Å². The predicted octanol–water partition coefficient (Wildman–Crippen LogP) is 3.96. The average Bonchev–Trinajstić information content (AvgIpc) is 2.83. The van der Waals surface area contributed by atoms with E-state index in [1.807, 2.05) is 48.7 Å². The first-order chi connectivity index (χ1) is 13.9. The number of aryl methyl sites for hydroxylation is 2. The molecule has 6 nitrogen and oxygen atoms in total. The van der Waals surface area contributed by atoms with Gasteiger partial charge in [-0.1, -0.05) is 18.2 Å². The van der Waals surface area contributed by atoms with E-state index in [1.165, 1.54) is 12.1 Å². The van der Waals surface area contributed by atoms with Gasteiger partial charge in [-0.3, -0.25) is 4.79 Å². The lowest BCUT2D eigenvalue weighted by atomic mass is 10.2. The number of rotatable bonds is 5. The van der Waals surface area contributed by atoms with Crippen LogP contribution in [0.4, 0.5) is 0 Å². The van der Waals surface area contributed by atoms with E-state index in [9.17, 15) is 14.4 Å². The number of carbonyl (C=O) groups excluding carboxylic acids is 2. The van der Waals surface area contributed by atoms with E-state index in [-0.39, 0.29) is 24.3 Å². The molecule has 0 amide bonds. The monoisotopic (exact) mass is 393 g/mol. The molecule has 0 atom stereocenters. The molecule has 0 aliphatic carbocycles. The van der Waals surface area contributed by atoms with Gasteiger partial charge in [-0.25, -0.2) is 9.59 Å². The fraction of sp³-hybridized carbons (Fsp3) is 0.261. The summed E-state index contributed by atoms with van der Waals surface area (Å²) in [4.78, 5) is 37.9. The zero-order valence-corrected chi connectivity index (χ0v) is 16.9. The summed E-state index contributed by atoms with van der Waals surface area (Å²) < 4.78 is 12.1. The third kappa shape index (κ3) is 3.66. The van der Waals surface area contributed by atoms with Crippen molar-refractivity contribution >= 4 is 22.7 Å². The van der Waals surface area contributed by atoms with Crippen LogP contribution in [0.1, 0.15) is 46.0 Å². The SMILES string of the molecule is CCOC(=O)c1cc2c(C)n(-c3ccccc3)c(C)c2cc(C(=O)OCC)c1=O. The summed E-state index contributed by atoms with van der Waals surface area (Å²) in [6, 6.07) is 12.8. The number of hydrogen-bond acceptors (Lipinski definition) is 5. The lowest BCUT2D eigenvalue weighted by Crippen LogP contribution is -2.22. The number of hydrogen-bond donors (Lipinski definition) is 0. The van der Waals surface area contributed by atoms with E-state index in [0.29, 0.717) is 10.8 Å². The van der Waals surface area contributed by atoms with Crippen LogP contribution in [0.25, 0.3) is 16.5 Å². The van der Waals surface area contributed by atoms with Gasteiger partial charge < -0.3 is 14.0 Å². The first kappa shape index (κ1) is 20.3. The molecule has 6 heteroatoms. The topological polar surface area (TPSA) is 74.6 Å². The molecule has 3 aromatic rings. The highest BCUT2D eigenvalue weighted by atomic mass is 16.5. The molecule has 0 radical (unpaired) electrons. The van der Waals surface area contributed by atoms with Crippen LogP contribution in [-0.2, 0) is 9.47 Å². The third-order valence-electron chi connectivity index (χ3n) is 4.81. The Kier molecular flexibility index (Phi) is 5.82. The maximum absolute atomic E-state index is 13.0. The van der Waals surface area contributed by atoms with Crippen molar-refractivity contribution in [3.8, 4) is 5.69 Å². The van der Waals surface area contributed by atoms with Crippen molar-refractivity contribution in [1.29, 1.82) is 0 Å². The van der Waals surface area contributed by atoms with Crippen molar-refractivity contribution in [2.24, 2.45) is 0 Å². The Bertz CT molecular complexity index is 1080. The number of esters is 2. The van der Waals surface area contributed by atoms with Crippen LogP contribution in [0.2, 0.25) is 0 Å². The quantitative estimate of drug-likeness (QED) is 0.614. The Morgan fingerprint density at radius 3 is 1.69 bits per heavy atom. The Hall–Kier alpha value is -3.41. The Morgan fingerprint density at radius 1 is 0.828 bits per heavy atom. The van der Waals surface area contributed by atoms with Crippen LogP contribution >= 0.6 is 0 Å². The zero-order valence-electron chi connectivity index (χ0n) is 16.9. The molecule has 2 aromatic carbocycles. The minimum Gasteiger partial charge on any atom is -0.462 e. The van der Waals surface area contributed by atoms with Gasteiger partial charge in [0.15, 0.2) is 0 Å². The largest absolute Gasteiger partial charge is 0.462 e. The molecule has 0 aliphatic rings. The summed E-state index contributed by atoms with van der Waals surface area (Å²) in [6.07, 6.45) is 0. The van der Waals surface area contributed by atoms with Crippen LogP contribution < -0.4 is 5.43 Å². The molecule has 0 bridgehead atoms. The Balaban J connectivity index is 2.42. The van der Waals surface area contributed by atoms with E-state index >= 15 is 0 Å². The second-order valence-electron chi connectivity index (χ2n) is 6.56. The molecule has 0 saturated heterocycles. The van der Waals surface area contributed by atoms with Gasteiger partial charge in [0.2, 0.25) is 5.43 Å². The van der Waals surface area contributed by atoms with Crippen LogP contribution in [0, 0.1) is 13.8 Å². The number of para-hydroxylation sites is 1. The smallest absolute Gasteiger partial charge is 0.342 e. The fourth-order valence-electron chi connectivity index (χ4n) is 3.50. The lowest BCUT2D eigenvalue weighted by molar-refractivity contribution is 0.0523. The van der Waals surface area contributed by atoms with Gasteiger partial charge in [-0.05, 0) is 52.0 Å². The first-order valence-corrected chi connectivity index (χ1v) is 9.50. The molecule has 1 aromatic heterocycles. The number of carbonyl (C=O) groups is 2. The molecular formula is C23H23NO5. The van der Waals surface area contributed by atoms with E-state index in [2.05, 4.69) is 0 Å². The van der Waals surface area contributed by atoms with Gasteiger partial charge in [0.1, 0.15) is 11.1 Å². The Morgan fingerprint density at radius 2 is 1.28 bits per heavy atom. The molecule has 0 N–H and O–H groups in total. The number of ether oxygens (including phenoxy) is 2. The van der Waals surface area contributed by atoms with Gasteiger partial charge in [-0.2, -0.15) is 0 Å². The highest BCUT2D eigenvalue weighted by Gasteiger charge is 2.22. The zero-order chi connectivity index (χ0) is 21.1. The number of aromatic nitrogens is 1. The second kappa shape index (κ2) is 8.31. The Labute approximate surface area is 168 Å². The summed E-state index contributed by atoms with van der Waals surface area (Å²) in [7, 11) is 0. The van der Waals surface area contributed by atoms with Crippen molar-refractivity contribution in [3.63, 3.8) is 0 Å². The maximum atomic E-state index is 13.0. The minimum absolute atomic E-state index is 0.123. The molecular weight excluding hydrogens is 370 g/mol. The normalized spacial score (nSPS) is 10.8. The summed E-state index contributed by atoms with van der Waals surface area (Å²) >= 11 is 0. The van der Waals surface area contributed by atoms with Crippen LogP contribution in [0.5, 0.6) is 0 Å². The standard InChI is InChI=1S/C23H23NO5/c1-5-28-22(26)19-12-17-14(3)24(16-10-8-7-9-11-16)15(4)18(17)13-20(21(19)25)23(27)29-6-2/h7-13H,5-6H2,1-4H3. The summed E-state index contributed by atoms with van der Waals surface area (Å²) in [5.74, 6) is -1.52. The fourth-order valence-corrected chi connectivity index (χ4v) is 3.50. The van der Waals surface area contributed by atoms with Crippen molar-refractivity contribution < 1.29 is 19.1 Å². The molecule has 0 fully saturated rings. The highest BCUT2D eigenvalue weighted by Crippen LogP contribution is 2.29. The number of nitrogens with zero attached hydrogens (tertiary/aromatic N) is 1. The van der Waals surface area contributed by atoms with Crippen LogP contribution in [-0.4, -0.2) is 29.7 Å². The minimum atomic E-state index is -0.759. The molecule has 29 heavy (non-hydrogen) atoms. The number of fused-ring (bicyclic) bond motifs is 1. The van der Waals surface area contributed by atoms with Gasteiger partial charge in [0.25, 0.3) is 0 Å². The third-order valence-corrected chi connectivity index (χ3v) is 4.81. The van der Waals surface area contributed by atoms with Crippen molar-refractivity contribution in [1.82, 2.24) is 4.57 Å². The molecule has 1 heterocycles. The molecule has 3 rings (SSSR count). The van der Waals surface area contributed by atoms with Gasteiger partial charge in [0.05, 0.1) is 13.2 Å². The average molecular weight is 393 g/mol. The van der Waals surface area contributed by atoms with E-state index in [1.54, 1.807) is 13.8 Å². The van der Waals surface area contributed by atoms with Gasteiger partial charge in [0, 0.05) is 27.8 Å². The van der Waals surface area contributed by atoms with E-state index in [4.69, 9.17) is 9.47 Å². The molecule has 150 valence electrons. The molecule has 0 unspecified atom stereocenters. The van der Waals surface area contributed by atoms with Crippen molar-refractivity contribution in [3.05, 3.63) is 75.2 Å². The predicted molar refractivity (Wildman–Crippen MR) is 111 cm³/mol. The second-order valence-corrected chi connectivity index (χ2v) is 6.56. The van der Waals surface area contributed by atoms with Gasteiger partial charge >= 0.3 is 11.9 Å². The number of benzene rings is 1. The van der Waals surface area contributed by atoms with E-state index < -0.39 is 17.4 Å². The van der Waals surface area contributed by atoms with Crippen molar-refractivity contribution in [2.75, 3.05) is 13.2 Å². The summed E-state index contributed by atoms with van der Waals surface area (Å²) in [5.41, 5.74) is 1.58. The highest BCUT2D eigenvalue weighted by molar-refractivity contribution is 6.01. The van der Waals surface area contributed by atoms with Crippen molar-refractivity contribution in [2.45, 2.75) is 27.7 Å². The summed E-state index contributed by atoms with van der Waals surface area (Å²) in [5, 5.41) is 1.39. The maximum Gasteiger partial charge on any atom is 0.342 e. The molecule has 0 aliphatic heterocycles. The van der Waals surface area contributed by atoms with E-state index in [0.717, 1.165) is 17.1 Å². The van der Waals surface area contributed by atoms with Gasteiger partial charge in [-0.15, -0.1) is 0 Å².